The quantitative estimate of drug-likeness (QED) is 0.879. The molecule has 1 aliphatic rings. The van der Waals surface area contributed by atoms with Gasteiger partial charge in [0.2, 0.25) is 5.91 Å². The molecule has 1 amide bonds. The maximum atomic E-state index is 13.3. The molecule has 3 atom stereocenters. The van der Waals surface area contributed by atoms with Crippen LogP contribution in [0.4, 0.5) is 10.1 Å². The summed E-state index contributed by atoms with van der Waals surface area (Å²) < 4.78 is 13.3. The molecule has 22 heavy (non-hydrogen) atoms. The van der Waals surface area contributed by atoms with E-state index >= 15 is 0 Å². The summed E-state index contributed by atoms with van der Waals surface area (Å²) in [4.78, 5) is 14.3. The normalized spacial score (nSPS) is 22.8. The molecular weight excluding hydrogens is 283 g/mol. The minimum absolute atomic E-state index is 0.163. The van der Waals surface area contributed by atoms with E-state index in [9.17, 15) is 14.3 Å². The Morgan fingerprint density at radius 1 is 1.50 bits per heavy atom. The number of halogens is 1. The summed E-state index contributed by atoms with van der Waals surface area (Å²) in [5.41, 5.74) is 1.34. The van der Waals surface area contributed by atoms with Gasteiger partial charge in [0.15, 0.2) is 0 Å². The fourth-order valence-electron chi connectivity index (χ4n) is 2.92. The number of carbonyl (C=O) groups excluding carboxylic acids is 1. The van der Waals surface area contributed by atoms with Gasteiger partial charge in [-0.25, -0.2) is 4.39 Å². The monoisotopic (exact) mass is 308 g/mol. The van der Waals surface area contributed by atoms with Gasteiger partial charge in [-0.2, -0.15) is 0 Å². The van der Waals surface area contributed by atoms with Gasteiger partial charge >= 0.3 is 0 Å². The molecule has 0 saturated heterocycles. The molecule has 1 aliphatic carbocycles. The number of rotatable bonds is 5. The first-order valence-corrected chi connectivity index (χ1v) is 7.84. The lowest BCUT2D eigenvalue weighted by Crippen LogP contribution is -2.43. The standard InChI is InChI=1S/C17H25FN2O2/c1-11-7-8-14(18)9-15(11)19-17(22)12(2)20(3)10-13-5-4-6-16(13)21/h7-9,12-13,16,21H,4-6,10H2,1-3H3,(H,19,22). The van der Waals surface area contributed by atoms with Crippen molar-refractivity contribution in [2.45, 2.75) is 45.3 Å². The highest BCUT2D eigenvalue weighted by Crippen LogP contribution is 2.26. The van der Waals surface area contributed by atoms with Crippen LogP contribution >= 0.6 is 0 Å². The Morgan fingerprint density at radius 3 is 2.86 bits per heavy atom. The van der Waals surface area contributed by atoms with E-state index in [0.717, 1.165) is 24.8 Å². The summed E-state index contributed by atoms with van der Waals surface area (Å²) in [6.07, 6.45) is 2.64. The van der Waals surface area contributed by atoms with Gasteiger partial charge in [-0.1, -0.05) is 12.5 Å². The molecule has 2 N–H and O–H groups in total. The van der Waals surface area contributed by atoms with Crippen molar-refractivity contribution < 1.29 is 14.3 Å². The zero-order valence-electron chi connectivity index (χ0n) is 13.5. The van der Waals surface area contributed by atoms with Gasteiger partial charge in [0.1, 0.15) is 5.82 Å². The number of hydrogen-bond donors (Lipinski definition) is 2. The predicted molar refractivity (Wildman–Crippen MR) is 85.2 cm³/mol. The molecule has 0 aromatic heterocycles. The number of aliphatic hydroxyl groups is 1. The molecule has 2 rings (SSSR count). The van der Waals surface area contributed by atoms with Gasteiger partial charge in [-0.15, -0.1) is 0 Å². The fraction of sp³-hybridized carbons (Fsp3) is 0.588. The second-order valence-corrected chi connectivity index (χ2v) is 6.32. The molecule has 1 fully saturated rings. The van der Waals surface area contributed by atoms with Crippen LogP contribution in [-0.2, 0) is 4.79 Å². The van der Waals surface area contributed by atoms with Crippen LogP contribution in [0.2, 0.25) is 0 Å². The van der Waals surface area contributed by atoms with E-state index in [-0.39, 0.29) is 29.8 Å². The second kappa shape index (κ2) is 7.20. The van der Waals surface area contributed by atoms with Crippen LogP contribution in [0.15, 0.2) is 18.2 Å². The molecule has 0 bridgehead atoms. The number of likely N-dealkylation sites (N-methyl/N-ethyl adjacent to an activating group) is 1. The van der Waals surface area contributed by atoms with E-state index in [1.54, 1.807) is 6.07 Å². The SMILES string of the molecule is Cc1ccc(F)cc1NC(=O)C(C)N(C)CC1CCCC1O. The molecule has 1 aromatic carbocycles. The third-order valence-electron chi connectivity index (χ3n) is 4.64. The molecule has 5 heteroatoms. The van der Waals surface area contributed by atoms with Gasteiger partial charge in [0.25, 0.3) is 0 Å². The zero-order valence-corrected chi connectivity index (χ0v) is 13.5. The van der Waals surface area contributed by atoms with Crippen molar-refractivity contribution >= 4 is 11.6 Å². The predicted octanol–water partition coefficient (Wildman–Crippen LogP) is 2.55. The van der Waals surface area contributed by atoms with Gasteiger partial charge < -0.3 is 10.4 Å². The van der Waals surface area contributed by atoms with Crippen molar-refractivity contribution in [2.75, 3.05) is 18.9 Å². The van der Waals surface area contributed by atoms with Gasteiger partial charge in [0.05, 0.1) is 12.1 Å². The fourth-order valence-corrected chi connectivity index (χ4v) is 2.92. The maximum absolute atomic E-state index is 13.3. The van der Waals surface area contributed by atoms with Crippen molar-refractivity contribution in [3.63, 3.8) is 0 Å². The number of aliphatic hydroxyl groups excluding tert-OH is 1. The van der Waals surface area contributed by atoms with E-state index in [2.05, 4.69) is 5.32 Å². The lowest BCUT2D eigenvalue weighted by Gasteiger charge is -2.28. The van der Waals surface area contributed by atoms with E-state index in [1.165, 1.54) is 12.1 Å². The summed E-state index contributed by atoms with van der Waals surface area (Å²) in [5, 5.41) is 12.7. The Balaban J connectivity index is 1.94. The number of anilines is 1. The van der Waals surface area contributed by atoms with Crippen molar-refractivity contribution in [1.29, 1.82) is 0 Å². The van der Waals surface area contributed by atoms with Crippen molar-refractivity contribution in [3.8, 4) is 0 Å². The first-order chi connectivity index (χ1) is 10.4. The van der Waals surface area contributed by atoms with Crippen LogP contribution in [0.3, 0.4) is 0 Å². The number of carbonyl (C=O) groups is 1. The lowest BCUT2D eigenvalue weighted by molar-refractivity contribution is -0.120. The second-order valence-electron chi connectivity index (χ2n) is 6.32. The van der Waals surface area contributed by atoms with E-state index in [0.29, 0.717) is 12.2 Å². The number of nitrogens with zero attached hydrogens (tertiary/aromatic N) is 1. The summed E-state index contributed by atoms with van der Waals surface area (Å²) in [7, 11) is 1.88. The van der Waals surface area contributed by atoms with Crippen LogP contribution in [0, 0.1) is 18.7 Å². The molecule has 1 saturated carbocycles. The smallest absolute Gasteiger partial charge is 0.241 e. The van der Waals surface area contributed by atoms with Crippen LogP contribution < -0.4 is 5.32 Å². The minimum atomic E-state index is -0.365. The average Bonchev–Trinajstić information content (AvgIpc) is 2.87. The topological polar surface area (TPSA) is 52.6 Å². The van der Waals surface area contributed by atoms with Crippen LogP contribution in [0.25, 0.3) is 0 Å². The number of nitrogens with one attached hydrogen (secondary N) is 1. The molecule has 3 unspecified atom stereocenters. The number of aryl methyl sites for hydroxylation is 1. The van der Waals surface area contributed by atoms with Crippen LogP contribution in [0.5, 0.6) is 0 Å². The molecular formula is C17H25FN2O2. The average molecular weight is 308 g/mol. The number of benzene rings is 1. The zero-order chi connectivity index (χ0) is 16.3. The molecule has 0 aliphatic heterocycles. The Bertz CT molecular complexity index is 535. The third-order valence-corrected chi connectivity index (χ3v) is 4.64. The third kappa shape index (κ3) is 4.05. The maximum Gasteiger partial charge on any atom is 0.241 e. The van der Waals surface area contributed by atoms with Crippen LogP contribution in [-0.4, -0.2) is 41.7 Å². The van der Waals surface area contributed by atoms with E-state index in [4.69, 9.17) is 0 Å². The van der Waals surface area contributed by atoms with Gasteiger partial charge in [0, 0.05) is 12.2 Å². The Hall–Kier alpha value is -1.46. The number of hydrogen-bond acceptors (Lipinski definition) is 3. The van der Waals surface area contributed by atoms with Crippen molar-refractivity contribution in [3.05, 3.63) is 29.6 Å². The van der Waals surface area contributed by atoms with Crippen LogP contribution in [0.1, 0.15) is 31.7 Å². The molecule has 0 heterocycles. The lowest BCUT2D eigenvalue weighted by atomic mass is 10.0. The Morgan fingerprint density at radius 2 is 2.23 bits per heavy atom. The largest absolute Gasteiger partial charge is 0.393 e. The molecule has 1 aromatic rings. The highest BCUT2D eigenvalue weighted by atomic mass is 19.1. The molecule has 122 valence electrons. The summed E-state index contributed by atoms with van der Waals surface area (Å²) in [6.45, 7) is 4.35. The molecule has 0 spiro atoms. The summed E-state index contributed by atoms with van der Waals surface area (Å²) in [5.74, 6) is -0.296. The molecule has 4 nitrogen and oxygen atoms in total. The van der Waals surface area contributed by atoms with Gasteiger partial charge in [-0.3, -0.25) is 9.69 Å². The Labute approximate surface area is 131 Å². The highest BCUT2D eigenvalue weighted by molar-refractivity contribution is 5.95. The van der Waals surface area contributed by atoms with Crippen molar-refractivity contribution in [2.24, 2.45) is 5.92 Å². The van der Waals surface area contributed by atoms with Crippen molar-refractivity contribution in [1.82, 2.24) is 4.90 Å². The van der Waals surface area contributed by atoms with Gasteiger partial charge in [-0.05, 0) is 57.4 Å². The summed E-state index contributed by atoms with van der Waals surface area (Å²) >= 11 is 0. The minimum Gasteiger partial charge on any atom is -0.393 e. The first-order valence-electron chi connectivity index (χ1n) is 7.84. The summed E-state index contributed by atoms with van der Waals surface area (Å²) in [6, 6.07) is 4.02. The van der Waals surface area contributed by atoms with E-state index in [1.807, 2.05) is 25.8 Å². The Kier molecular flexibility index (Phi) is 5.53. The van der Waals surface area contributed by atoms with E-state index < -0.39 is 0 Å². The number of amides is 1. The first kappa shape index (κ1) is 16.9. The molecule has 0 radical (unpaired) electrons. The highest BCUT2D eigenvalue weighted by Gasteiger charge is 2.29.